The standard InChI is InChI=1S/C64H46F12Si2/c1-77-57(45-31-15-17-33-47(45)61(65,66)67)53(41-23-7-3-8-24-41)55(43-27-11-5-12-28-43)59(77,49-35-19-21-37-51(49)63(71,72)73)39-40-60(50-36-20-22-38-52(50)64(74,75)76)56(44-29-13-6-14-30-44)54(42-25-9-4-10-26-42)58(78(60)2)46-32-16-18-34-48(46)62(68,69)70/h3-38H,39-40H2,1-2H3. The van der Waals surface area contributed by atoms with Crippen molar-refractivity contribution < 1.29 is 52.7 Å². The van der Waals surface area contributed by atoms with Gasteiger partial charge in [-0.05, 0) is 114 Å². The summed E-state index contributed by atoms with van der Waals surface area (Å²) in [5, 5.41) is -3.60. The molecule has 0 spiro atoms. The first-order valence-electron chi connectivity index (χ1n) is 24.9. The zero-order chi connectivity index (χ0) is 55.4. The van der Waals surface area contributed by atoms with Gasteiger partial charge < -0.3 is 0 Å². The molecule has 14 heteroatoms. The molecule has 2 atom stereocenters. The van der Waals surface area contributed by atoms with Gasteiger partial charge in [0.15, 0.2) is 0 Å². The molecule has 8 aromatic carbocycles. The molecule has 2 aliphatic rings. The van der Waals surface area contributed by atoms with Gasteiger partial charge >= 0.3 is 24.7 Å². The zero-order valence-corrected chi connectivity index (χ0v) is 43.7. The summed E-state index contributed by atoms with van der Waals surface area (Å²) in [6, 6.07) is 53.2. The van der Waals surface area contributed by atoms with E-state index in [2.05, 4.69) is 0 Å². The molecule has 394 valence electrons. The number of halogens is 12. The maximum Gasteiger partial charge on any atom is 0.416 e. The third kappa shape index (κ3) is 9.29. The molecule has 0 aliphatic carbocycles. The second-order valence-electron chi connectivity index (χ2n) is 19.4. The van der Waals surface area contributed by atoms with E-state index in [9.17, 15) is 0 Å². The van der Waals surface area contributed by atoms with Crippen LogP contribution < -0.4 is 0 Å². The summed E-state index contributed by atoms with van der Waals surface area (Å²) >= 11 is 0. The molecule has 0 saturated carbocycles. The molecule has 0 saturated heterocycles. The summed E-state index contributed by atoms with van der Waals surface area (Å²) in [5.74, 6) is 0. The van der Waals surface area contributed by atoms with E-state index in [4.69, 9.17) is 0 Å². The summed E-state index contributed by atoms with van der Waals surface area (Å²) in [6.45, 7) is 3.37. The molecule has 10 rings (SSSR count). The lowest BCUT2D eigenvalue weighted by Gasteiger charge is -2.43. The van der Waals surface area contributed by atoms with Crippen molar-refractivity contribution in [3.8, 4) is 0 Å². The summed E-state index contributed by atoms with van der Waals surface area (Å²) in [5.41, 5.74) is -2.80. The van der Waals surface area contributed by atoms with Gasteiger partial charge in [0.05, 0.1) is 22.3 Å². The number of alkyl halides is 12. The van der Waals surface area contributed by atoms with E-state index >= 15 is 52.7 Å². The molecule has 0 fully saturated rings. The van der Waals surface area contributed by atoms with Crippen LogP contribution in [0.5, 0.6) is 0 Å². The molecule has 8 aromatic rings. The smallest absolute Gasteiger partial charge is 0.166 e. The normalized spacial score (nSPS) is 18.4. The molecule has 78 heavy (non-hydrogen) atoms. The monoisotopic (exact) mass is 1100 g/mol. The van der Waals surface area contributed by atoms with Crippen molar-refractivity contribution >= 4 is 49.4 Å². The highest BCUT2D eigenvalue weighted by Gasteiger charge is 2.57. The van der Waals surface area contributed by atoms with Gasteiger partial charge in [-0.25, -0.2) is 0 Å². The fourth-order valence-corrected chi connectivity index (χ4v) is 19.3. The lowest BCUT2D eigenvalue weighted by atomic mass is 9.71. The van der Waals surface area contributed by atoms with E-state index in [-0.39, 0.29) is 54.9 Å². The Morgan fingerprint density at radius 3 is 0.833 bits per heavy atom. The first-order valence-corrected chi connectivity index (χ1v) is 28.9. The molecular formula is C64H46F12Si2. The highest BCUT2D eigenvalue weighted by atomic mass is 28.2. The largest absolute Gasteiger partial charge is 0.416 e. The molecule has 0 aromatic heterocycles. The SMILES string of the molecule is C[Si]1=C(c2ccccc2C(F)(F)F)C(c2ccccc2)=C(c2ccccc2)C1(CCC1(c2ccccc2C(F)(F)F)C(c2ccccc2)=C(c2ccccc2)C(c2ccccc2C(F)(F)F)=[Si]1C)c1ccccc1C(F)(F)F. The minimum Gasteiger partial charge on any atom is -0.166 e. The van der Waals surface area contributed by atoms with Gasteiger partial charge in [0.1, 0.15) is 0 Å². The molecule has 2 unspecified atom stereocenters. The second kappa shape index (κ2) is 20.4. The van der Waals surface area contributed by atoms with Crippen molar-refractivity contribution in [3.05, 3.63) is 285 Å². The maximum absolute atomic E-state index is 16.2. The molecule has 2 aliphatic heterocycles. The van der Waals surface area contributed by atoms with Crippen LogP contribution in [-0.4, -0.2) is 27.2 Å². The fraction of sp³-hybridized carbons (Fsp3) is 0.156. The Balaban J connectivity index is 1.44. The van der Waals surface area contributed by atoms with Crippen LogP contribution in [0.25, 0.3) is 22.3 Å². The van der Waals surface area contributed by atoms with Crippen molar-refractivity contribution in [2.45, 2.75) is 60.7 Å². The number of hydrogen-bond donors (Lipinski definition) is 0. The molecule has 0 amide bonds. The minimum atomic E-state index is -5.07. The summed E-state index contributed by atoms with van der Waals surface area (Å²) in [6.07, 6.45) is -20.9. The van der Waals surface area contributed by atoms with Crippen LogP contribution >= 0.6 is 0 Å². The Labute approximate surface area is 446 Å². The van der Waals surface area contributed by atoms with Gasteiger partial charge in [0.2, 0.25) is 0 Å². The van der Waals surface area contributed by atoms with Crippen molar-refractivity contribution in [1.82, 2.24) is 0 Å². The molecule has 0 radical (unpaired) electrons. The van der Waals surface area contributed by atoms with Gasteiger partial charge in [-0.3, -0.25) is 0 Å². The third-order valence-electron chi connectivity index (χ3n) is 15.4. The molecule has 2 heterocycles. The van der Waals surface area contributed by atoms with Crippen LogP contribution in [0.15, 0.2) is 218 Å². The fourth-order valence-electron chi connectivity index (χ4n) is 12.3. The average Bonchev–Trinajstić information content (AvgIpc) is 2.73. The van der Waals surface area contributed by atoms with Gasteiger partial charge in [-0.1, -0.05) is 207 Å². The average molecular weight is 1100 g/mol. The first-order chi connectivity index (χ1) is 37.1. The highest BCUT2D eigenvalue weighted by Crippen LogP contribution is 2.60. The second-order valence-corrected chi connectivity index (χ2v) is 24.7. The maximum atomic E-state index is 16.2. The lowest BCUT2D eigenvalue weighted by molar-refractivity contribution is -0.139. The van der Waals surface area contributed by atoms with Crippen LogP contribution in [0.3, 0.4) is 0 Å². The van der Waals surface area contributed by atoms with E-state index in [0.717, 1.165) is 24.3 Å². The highest BCUT2D eigenvalue weighted by molar-refractivity contribution is 6.89. The Morgan fingerprint density at radius 1 is 0.295 bits per heavy atom. The number of hydrogen-bond acceptors (Lipinski definition) is 0. The Hall–Kier alpha value is -7.43. The number of allylic oxidation sites excluding steroid dienone is 4. The van der Waals surface area contributed by atoms with Crippen molar-refractivity contribution in [2.24, 2.45) is 0 Å². The predicted octanol–water partition coefficient (Wildman–Crippen LogP) is 17.9. The minimum absolute atomic E-state index is 0.156. The first kappa shape index (κ1) is 54.0. The Morgan fingerprint density at radius 2 is 0.538 bits per heavy atom. The number of rotatable bonds is 11. The van der Waals surface area contributed by atoms with Crippen LogP contribution in [0.4, 0.5) is 52.7 Å². The molecule has 0 N–H and O–H groups in total. The van der Waals surface area contributed by atoms with Gasteiger partial charge in [-0.15, -0.1) is 0 Å². The predicted molar refractivity (Wildman–Crippen MR) is 289 cm³/mol. The van der Waals surface area contributed by atoms with E-state index < -0.39 is 86.7 Å². The molecular weight excluding hydrogens is 1050 g/mol. The zero-order valence-electron chi connectivity index (χ0n) is 41.7. The van der Waals surface area contributed by atoms with E-state index in [1.165, 1.54) is 72.8 Å². The van der Waals surface area contributed by atoms with Crippen molar-refractivity contribution in [3.63, 3.8) is 0 Å². The van der Waals surface area contributed by atoms with E-state index in [0.29, 0.717) is 22.3 Å². The van der Waals surface area contributed by atoms with Crippen LogP contribution in [0, 0.1) is 0 Å². The number of benzene rings is 8. The van der Waals surface area contributed by atoms with Gasteiger partial charge in [0.25, 0.3) is 0 Å². The Bertz CT molecular complexity index is 3440. The van der Waals surface area contributed by atoms with E-state index in [1.54, 1.807) is 134 Å². The van der Waals surface area contributed by atoms with Gasteiger partial charge in [-0.2, -0.15) is 52.7 Å². The topological polar surface area (TPSA) is 0 Å². The van der Waals surface area contributed by atoms with Crippen molar-refractivity contribution in [1.29, 1.82) is 0 Å². The van der Waals surface area contributed by atoms with Crippen LogP contribution in [0.1, 0.15) is 79.6 Å². The van der Waals surface area contributed by atoms with E-state index in [1.807, 2.05) is 0 Å². The van der Waals surface area contributed by atoms with Crippen molar-refractivity contribution in [2.75, 3.05) is 0 Å². The van der Waals surface area contributed by atoms with Crippen LogP contribution in [-0.2, 0) is 34.8 Å². The Kier molecular flexibility index (Phi) is 14.1. The van der Waals surface area contributed by atoms with Crippen LogP contribution in [0.2, 0.25) is 13.1 Å². The third-order valence-corrected chi connectivity index (χ3v) is 22.0. The summed E-state index contributed by atoms with van der Waals surface area (Å²) in [4.78, 5) is 0. The lowest BCUT2D eigenvalue weighted by Crippen LogP contribution is -2.44. The summed E-state index contributed by atoms with van der Waals surface area (Å²) < 4.78 is 191. The summed E-state index contributed by atoms with van der Waals surface area (Å²) in [7, 11) is -5.97. The van der Waals surface area contributed by atoms with Gasteiger partial charge in [0, 0.05) is 26.9 Å². The molecule has 0 nitrogen and oxygen atoms in total. The molecule has 0 bridgehead atoms. The quantitative estimate of drug-likeness (QED) is 0.0894.